The fraction of sp³-hybridized carbons (Fsp3) is 0.577. The summed E-state index contributed by atoms with van der Waals surface area (Å²) in [6, 6.07) is 11.8. The number of halogens is 3. The largest absolute Gasteiger partial charge is 0.486 e. The fourth-order valence-corrected chi connectivity index (χ4v) is 12.0. The molecule has 0 saturated carbocycles. The summed E-state index contributed by atoms with van der Waals surface area (Å²) in [6.45, 7) is 13.7. The lowest BCUT2D eigenvalue weighted by Gasteiger charge is -2.47. The van der Waals surface area contributed by atoms with Crippen molar-refractivity contribution in [3.05, 3.63) is 86.7 Å². The van der Waals surface area contributed by atoms with Crippen LogP contribution in [0.3, 0.4) is 0 Å². The Morgan fingerprint density at radius 1 is 0.684 bits per heavy atom. The summed E-state index contributed by atoms with van der Waals surface area (Å²) in [5.74, 6) is 0.692. The van der Waals surface area contributed by atoms with Gasteiger partial charge in [0.05, 0.1) is 38.8 Å². The Kier molecular flexibility index (Phi) is 16.5. The molecule has 27 heteroatoms. The zero-order valence-corrected chi connectivity index (χ0v) is 46.1. The second-order valence-electron chi connectivity index (χ2n) is 22.2. The molecule has 12 rings (SSSR count). The predicted molar refractivity (Wildman–Crippen MR) is 290 cm³/mol. The number of nitrogens with two attached hydrogens (primary N) is 1. The molecule has 0 unspecified atom stereocenters. The summed E-state index contributed by atoms with van der Waals surface area (Å²) in [5, 5.41) is 25.1. The van der Waals surface area contributed by atoms with Gasteiger partial charge in [0.25, 0.3) is 0 Å². The quantitative estimate of drug-likeness (QED) is 0.0880. The summed E-state index contributed by atoms with van der Waals surface area (Å²) in [5.41, 5.74) is 7.19. The molecule has 6 fully saturated rings. The number of piperidine rings is 2. The molecule has 424 valence electrons. The molecule has 6 aliphatic rings. The minimum atomic E-state index is -0.499. The van der Waals surface area contributed by atoms with Gasteiger partial charge in [0, 0.05) is 73.6 Å². The van der Waals surface area contributed by atoms with Gasteiger partial charge in [0.2, 0.25) is 11.2 Å². The average molecular weight is 1120 g/mol. The van der Waals surface area contributed by atoms with Crippen LogP contribution < -0.4 is 42.5 Å². The van der Waals surface area contributed by atoms with Crippen LogP contribution in [0.5, 0.6) is 11.5 Å². The molecule has 0 amide bonds. The molecule has 0 spiro atoms. The highest BCUT2D eigenvalue weighted by atomic mass is 35.5. The van der Waals surface area contributed by atoms with E-state index in [1.54, 1.807) is 36.4 Å². The molecule has 6 saturated heterocycles. The van der Waals surface area contributed by atoms with Gasteiger partial charge in [-0.25, -0.2) is 28.3 Å². The van der Waals surface area contributed by atoms with Crippen molar-refractivity contribution in [2.75, 3.05) is 61.2 Å². The van der Waals surface area contributed by atoms with Crippen LogP contribution in [0.15, 0.2) is 58.4 Å². The first-order chi connectivity index (χ1) is 37.9. The predicted octanol–water partition coefficient (Wildman–Crippen LogP) is 5.43. The number of nitrogens with zero attached hydrogens (tertiary/aromatic N) is 14. The summed E-state index contributed by atoms with van der Waals surface area (Å²) < 4.78 is 55.8. The molecule has 6 aromatic rings. The van der Waals surface area contributed by atoms with E-state index in [4.69, 9.17) is 36.3 Å². The van der Waals surface area contributed by atoms with E-state index in [2.05, 4.69) is 94.2 Å². The van der Waals surface area contributed by atoms with Crippen LogP contribution in [0, 0.1) is 11.6 Å². The number of tetrazole rings is 2. The molecule has 0 bridgehead atoms. The minimum absolute atomic E-state index is 0.0234. The third-order valence-electron chi connectivity index (χ3n) is 15.5. The number of anilines is 5. The van der Waals surface area contributed by atoms with Crippen LogP contribution in [-0.2, 0) is 23.6 Å². The highest BCUT2D eigenvalue weighted by Gasteiger charge is 2.44. The highest BCUT2D eigenvalue weighted by Crippen LogP contribution is 2.40. The minimum Gasteiger partial charge on any atom is -0.486 e. The maximum atomic E-state index is 14.8. The van der Waals surface area contributed by atoms with Crippen molar-refractivity contribution in [2.24, 2.45) is 14.1 Å². The molecule has 6 aliphatic heterocycles. The van der Waals surface area contributed by atoms with E-state index >= 15 is 0 Å². The lowest BCUT2D eigenvalue weighted by atomic mass is 9.84. The van der Waals surface area contributed by atoms with Gasteiger partial charge in [-0.2, -0.15) is 28.7 Å². The molecule has 4 aromatic heterocycles. The van der Waals surface area contributed by atoms with E-state index in [9.17, 15) is 18.4 Å². The Balaban J connectivity index is 0.000000148. The van der Waals surface area contributed by atoms with Crippen LogP contribution in [0.4, 0.5) is 37.7 Å². The maximum absolute atomic E-state index is 14.8. The average Bonchev–Trinajstić information content (AvgIpc) is 4.35. The van der Waals surface area contributed by atoms with Gasteiger partial charge in [0.1, 0.15) is 35.1 Å². The number of aryl methyl sites for hydroxylation is 2. The van der Waals surface area contributed by atoms with Crippen LogP contribution in [0.1, 0.15) is 91.9 Å². The van der Waals surface area contributed by atoms with Crippen molar-refractivity contribution in [3.63, 3.8) is 0 Å². The molecule has 5 N–H and O–H groups in total. The monoisotopic (exact) mass is 1110 g/mol. The second-order valence-corrected chi connectivity index (χ2v) is 22.6. The number of ether oxygens (including phenoxy) is 4. The van der Waals surface area contributed by atoms with Crippen molar-refractivity contribution >= 4 is 40.6 Å². The van der Waals surface area contributed by atoms with Gasteiger partial charge in [-0.3, -0.25) is 9.80 Å². The third kappa shape index (κ3) is 12.8. The number of fused-ring (bicyclic) bond motifs is 2. The Hall–Kier alpha value is -6.87. The maximum Gasteiger partial charge on any atom is 0.368 e. The number of rotatable bonds is 12. The Labute approximate surface area is 460 Å². The van der Waals surface area contributed by atoms with Gasteiger partial charge in [-0.05, 0) is 161 Å². The van der Waals surface area contributed by atoms with Gasteiger partial charge in [0.15, 0.2) is 23.3 Å². The topological polar surface area (TPSA) is 262 Å². The SMILES string of the molecule is CC1(C)C[C@H](Nc2nc(Cl)ncc2F)C[C@@H]2CCCN21.Cn1nnn(-c2cc(N)ccc2O[C@@H]2CCOC2)c1=O.Cn1nnn(-c2cc(Nc3ncc(F)c(N[C@@H]4C[C@@H]5CCCN5C(C)(C)C4)n3)ccc2O[C@@H]2CCOC2)c1=O. The molecule has 24 nitrogen and oxygen atoms in total. The van der Waals surface area contributed by atoms with Crippen LogP contribution in [-0.4, -0.2) is 156 Å². The number of nitrogen functional groups attached to an aromatic ring is 1. The number of benzene rings is 2. The first kappa shape index (κ1) is 55.4. The van der Waals surface area contributed by atoms with E-state index in [0.29, 0.717) is 72.8 Å². The zero-order valence-electron chi connectivity index (χ0n) is 45.3. The Bertz CT molecular complexity index is 3220. The van der Waals surface area contributed by atoms with Crippen molar-refractivity contribution in [2.45, 2.75) is 139 Å². The molecule has 10 heterocycles. The second kappa shape index (κ2) is 23.5. The molecule has 6 atom stereocenters. The number of nitrogens with one attached hydrogen (secondary N) is 3. The van der Waals surface area contributed by atoms with E-state index in [0.717, 1.165) is 60.6 Å². The normalized spacial score (nSPS) is 24.1. The lowest BCUT2D eigenvalue weighted by molar-refractivity contribution is 0.0498. The summed E-state index contributed by atoms with van der Waals surface area (Å²) >= 11 is 5.74. The lowest BCUT2D eigenvalue weighted by Crippen LogP contribution is -2.55. The van der Waals surface area contributed by atoms with Gasteiger partial charge in [-0.1, -0.05) is 0 Å². The first-order valence-electron chi connectivity index (χ1n) is 26.9. The van der Waals surface area contributed by atoms with Crippen molar-refractivity contribution in [3.8, 4) is 22.9 Å². The summed E-state index contributed by atoms with van der Waals surface area (Å²) in [4.78, 5) is 46.0. The molecular formula is C52H69ClF2N18O6. The molecule has 0 radical (unpaired) electrons. The highest BCUT2D eigenvalue weighted by molar-refractivity contribution is 6.28. The van der Waals surface area contributed by atoms with Gasteiger partial charge < -0.3 is 40.6 Å². The molecule has 0 aliphatic carbocycles. The van der Waals surface area contributed by atoms with E-state index in [1.165, 1.54) is 61.9 Å². The zero-order chi connectivity index (χ0) is 55.6. The summed E-state index contributed by atoms with van der Waals surface area (Å²) in [7, 11) is 3.06. The standard InChI is InChI=1S/C26H34FN9O3.C14H20ClFN4.C12H15N5O3/c1-26(2)13-17(11-18-5-4-9-35(18)26)29-23-20(27)14-28-24(31-23)30-16-6-7-22(39-19-8-10-38-15-19)21(12-16)36-25(37)34(3)32-33-36;1-14(2)7-9(6-10-4-3-5-20(10)14)18-12-11(16)8-17-13(15)19-12;1-16-12(18)17(15-14-16)10-6-8(13)2-3-11(10)20-9-4-5-19-7-9/h6-7,12,14,17-19H,4-5,8-11,13,15H2,1-3H3,(H2,28,29,30,31);8-10H,3-7H2,1-2H3,(H,17,18,19);2-3,6,9H,4-5,7,13H2,1H3/t17-,18+,19-;9-,10+;9-/m111/s1. The summed E-state index contributed by atoms with van der Waals surface area (Å²) in [6.07, 6.45) is 12.5. The van der Waals surface area contributed by atoms with Crippen molar-refractivity contribution in [1.29, 1.82) is 0 Å². The van der Waals surface area contributed by atoms with Crippen molar-refractivity contribution in [1.82, 2.24) is 69.3 Å². The Morgan fingerprint density at radius 3 is 1.70 bits per heavy atom. The smallest absolute Gasteiger partial charge is 0.368 e. The van der Waals surface area contributed by atoms with Crippen LogP contribution >= 0.6 is 11.6 Å². The molecule has 2 aromatic carbocycles. The first-order valence-corrected chi connectivity index (χ1v) is 27.3. The van der Waals surface area contributed by atoms with Crippen molar-refractivity contribution < 1.29 is 27.7 Å². The van der Waals surface area contributed by atoms with Crippen LogP contribution in [0.2, 0.25) is 5.28 Å². The van der Waals surface area contributed by atoms with E-state index < -0.39 is 17.3 Å². The van der Waals surface area contributed by atoms with E-state index in [-0.39, 0.29) is 63.9 Å². The fourth-order valence-electron chi connectivity index (χ4n) is 11.9. The van der Waals surface area contributed by atoms with Gasteiger partial charge >= 0.3 is 11.4 Å². The molecule has 79 heavy (non-hydrogen) atoms. The number of aromatic nitrogens is 12. The van der Waals surface area contributed by atoms with E-state index in [1.807, 2.05) is 0 Å². The Morgan fingerprint density at radius 2 is 1.19 bits per heavy atom. The van der Waals surface area contributed by atoms with Crippen LogP contribution in [0.25, 0.3) is 11.4 Å². The molecular weight excluding hydrogens is 1050 g/mol. The third-order valence-corrected chi connectivity index (χ3v) is 15.7. The van der Waals surface area contributed by atoms with Gasteiger partial charge in [-0.15, -0.1) is 0 Å². The number of hydrogen-bond acceptors (Lipinski definition) is 20. The number of hydrogen-bond donors (Lipinski definition) is 4.